The van der Waals surface area contributed by atoms with Crippen LogP contribution in [0.1, 0.15) is 24.3 Å². The van der Waals surface area contributed by atoms with Crippen LogP contribution in [0.15, 0.2) is 24.3 Å². The van der Waals surface area contributed by atoms with Crippen LogP contribution in [0.25, 0.3) is 0 Å². The highest BCUT2D eigenvalue weighted by Crippen LogP contribution is 2.32. The van der Waals surface area contributed by atoms with Gasteiger partial charge in [-0.15, -0.1) is 0 Å². The van der Waals surface area contributed by atoms with Crippen LogP contribution in [0, 0.1) is 5.92 Å². The third-order valence-corrected chi connectivity index (χ3v) is 4.06. The molecule has 3 heteroatoms. The molecule has 2 nitrogen and oxygen atoms in total. The topological polar surface area (TPSA) is 15.3 Å². The van der Waals surface area contributed by atoms with Gasteiger partial charge in [0, 0.05) is 11.6 Å². The molecule has 1 heterocycles. The third-order valence-electron chi connectivity index (χ3n) is 3.81. The van der Waals surface area contributed by atoms with Crippen molar-refractivity contribution in [1.29, 1.82) is 0 Å². The monoisotopic (exact) mass is 266 g/mol. The Labute approximate surface area is 115 Å². The van der Waals surface area contributed by atoms with Crippen LogP contribution in [-0.2, 0) is 0 Å². The Morgan fingerprint density at radius 1 is 1.22 bits per heavy atom. The molecule has 0 saturated carbocycles. The van der Waals surface area contributed by atoms with Gasteiger partial charge in [-0.1, -0.05) is 23.7 Å². The Morgan fingerprint density at radius 3 is 2.39 bits per heavy atom. The van der Waals surface area contributed by atoms with E-state index in [4.69, 9.17) is 11.6 Å². The average molecular weight is 267 g/mol. The molecule has 1 aliphatic heterocycles. The number of rotatable bonds is 4. The van der Waals surface area contributed by atoms with Crippen molar-refractivity contribution in [1.82, 2.24) is 10.2 Å². The van der Waals surface area contributed by atoms with Crippen LogP contribution in [0.5, 0.6) is 0 Å². The average Bonchev–Trinajstić information content (AvgIpc) is 2.38. The van der Waals surface area contributed by atoms with Gasteiger partial charge in [0.25, 0.3) is 0 Å². The maximum Gasteiger partial charge on any atom is 0.0406 e. The van der Waals surface area contributed by atoms with Crippen molar-refractivity contribution >= 4 is 11.6 Å². The van der Waals surface area contributed by atoms with E-state index in [1.807, 2.05) is 12.1 Å². The van der Waals surface area contributed by atoms with Gasteiger partial charge in [-0.25, -0.2) is 0 Å². The number of nitrogens with one attached hydrogen (secondary N) is 1. The summed E-state index contributed by atoms with van der Waals surface area (Å²) in [5.41, 5.74) is 1.43. The molecule has 0 amide bonds. The van der Waals surface area contributed by atoms with Crippen molar-refractivity contribution in [3.8, 4) is 0 Å². The zero-order valence-electron chi connectivity index (χ0n) is 11.3. The minimum absolute atomic E-state index is 0.624. The minimum Gasteiger partial charge on any atom is -0.317 e. The molecule has 1 unspecified atom stereocenters. The Bertz CT molecular complexity index is 355. The van der Waals surface area contributed by atoms with E-state index in [0.717, 1.165) is 30.6 Å². The van der Waals surface area contributed by atoms with Gasteiger partial charge in [-0.05, 0) is 69.6 Å². The molecule has 1 saturated heterocycles. The van der Waals surface area contributed by atoms with Gasteiger partial charge >= 0.3 is 0 Å². The van der Waals surface area contributed by atoms with E-state index in [0.29, 0.717) is 5.92 Å². The molecule has 1 N–H and O–H groups in total. The standard InChI is InChI=1S/C15H23ClN2/c1-18(2)11-15(13-7-9-17-10-8-13)12-3-5-14(16)6-4-12/h3-6,13,15,17H,7-11H2,1-2H3. The number of hydrogen-bond donors (Lipinski definition) is 1. The molecular weight excluding hydrogens is 244 g/mol. The molecule has 2 rings (SSSR count). The van der Waals surface area contributed by atoms with E-state index in [9.17, 15) is 0 Å². The van der Waals surface area contributed by atoms with Crippen LogP contribution in [0.4, 0.5) is 0 Å². The van der Waals surface area contributed by atoms with Crippen molar-refractivity contribution in [3.05, 3.63) is 34.9 Å². The van der Waals surface area contributed by atoms with Gasteiger partial charge < -0.3 is 10.2 Å². The largest absolute Gasteiger partial charge is 0.317 e. The lowest BCUT2D eigenvalue weighted by atomic mass is 9.80. The zero-order chi connectivity index (χ0) is 13.0. The second kappa shape index (κ2) is 6.55. The molecule has 0 spiro atoms. The predicted octanol–water partition coefficient (Wildman–Crippen LogP) is 2.98. The maximum absolute atomic E-state index is 5.99. The number of piperidine rings is 1. The summed E-state index contributed by atoms with van der Waals surface area (Å²) in [7, 11) is 4.31. The molecule has 100 valence electrons. The summed E-state index contributed by atoms with van der Waals surface area (Å²) in [6.07, 6.45) is 2.56. The highest BCUT2D eigenvalue weighted by atomic mass is 35.5. The first kappa shape index (κ1) is 13.9. The number of halogens is 1. The van der Waals surface area contributed by atoms with Crippen molar-refractivity contribution in [2.75, 3.05) is 33.7 Å². The van der Waals surface area contributed by atoms with E-state index in [2.05, 4.69) is 36.4 Å². The fraction of sp³-hybridized carbons (Fsp3) is 0.600. The van der Waals surface area contributed by atoms with Crippen molar-refractivity contribution in [3.63, 3.8) is 0 Å². The molecule has 1 atom stereocenters. The predicted molar refractivity (Wildman–Crippen MR) is 78.3 cm³/mol. The highest BCUT2D eigenvalue weighted by molar-refractivity contribution is 6.30. The third kappa shape index (κ3) is 3.71. The summed E-state index contributed by atoms with van der Waals surface area (Å²) >= 11 is 5.99. The number of nitrogens with zero attached hydrogens (tertiary/aromatic N) is 1. The quantitative estimate of drug-likeness (QED) is 0.901. The second-order valence-electron chi connectivity index (χ2n) is 5.51. The van der Waals surface area contributed by atoms with Gasteiger partial charge in [-0.2, -0.15) is 0 Å². The maximum atomic E-state index is 5.99. The fourth-order valence-electron chi connectivity index (χ4n) is 2.88. The molecule has 1 aliphatic rings. The SMILES string of the molecule is CN(C)CC(c1ccc(Cl)cc1)C1CCNCC1. The van der Waals surface area contributed by atoms with Gasteiger partial charge in [0.05, 0.1) is 0 Å². The van der Waals surface area contributed by atoms with Crippen LogP contribution in [0.2, 0.25) is 5.02 Å². The van der Waals surface area contributed by atoms with Crippen molar-refractivity contribution < 1.29 is 0 Å². The molecule has 0 bridgehead atoms. The lowest BCUT2D eigenvalue weighted by Gasteiger charge is -2.33. The van der Waals surface area contributed by atoms with Crippen LogP contribution < -0.4 is 5.32 Å². The lowest BCUT2D eigenvalue weighted by Crippen LogP contribution is -2.34. The van der Waals surface area contributed by atoms with E-state index in [1.165, 1.54) is 18.4 Å². The first-order chi connectivity index (χ1) is 8.66. The highest BCUT2D eigenvalue weighted by Gasteiger charge is 2.25. The molecule has 1 aromatic carbocycles. The van der Waals surface area contributed by atoms with Gasteiger partial charge in [0.1, 0.15) is 0 Å². The zero-order valence-corrected chi connectivity index (χ0v) is 12.1. The van der Waals surface area contributed by atoms with Crippen LogP contribution >= 0.6 is 11.6 Å². The van der Waals surface area contributed by atoms with E-state index >= 15 is 0 Å². The first-order valence-electron chi connectivity index (χ1n) is 6.77. The number of benzene rings is 1. The van der Waals surface area contributed by atoms with E-state index in [-0.39, 0.29) is 0 Å². The molecule has 0 aromatic heterocycles. The summed E-state index contributed by atoms with van der Waals surface area (Å²) in [5.74, 6) is 1.41. The van der Waals surface area contributed by atoms with Crippen molar-refractivity contribution in [2.45, 2.75) is 18.8 Å². The summed E-state index contributed by atoms with van der Waals surface area (Å²) in [6.45, 7) is 3.43. The lowest BCUT2D eigenvalue weighted by molar-refractivity contribution is 0.262. The number of likely N-dealkylation sites (N-methyl/N-ethyl adjacent to an activating group) is 1. The first-order valence-corrected chi connectivity index (χ1v) is 7.15. The van der Waals surface area contributed by atoms with Crippen molar-refractivity contribution in [2.24, 2.45) is 5.92 Å². The normalized spacial score (nSPS) is 19.1. The Kier molecular flexibility index (Phi) is 5.04. The Balaban J connectivity index is 2.15. The van der Waals surface area contributed by atoms with E-state index in [1.54, 1.807) is 0 Å². The molecule has 0 aliphatic carbocycles. The summed E-state index contributed by atoms with van der Waals surface area (Å²) < 4.78 is 0. The van der Waals surface area contributed by atoms with Crippen LogP contribution in [0.3, 0.4) is 0 Å². The summed E-state index contributed by atoms with van der Waals surface area (Å²) in [6, 6.07) is 8.41. The molecule has 0 radical (unpaired) electrons. The molecule has 1 fully saturated rings. The van der Waals surface area contributed by atoms with Crippen LogP contribution in [-0.4, -0.2) is 38.6 Å². The number of hydrogen-bond acceptors (Lipinski definition) is 2. The van der Waals surface area contributed by atoms with E-state index < -0.39 is 0 Å². The summed E-state index contributed by atoms with van der Waals surface area (Å²) in [4.78, 5) is 2.29. The van der Waals surface area contributed by atoms with Gasteiger partial charge in [0.2, 0.25) is 0 Å². The van der Waals surface area contributed by atoms with Gasteiger partial charge in [0.15, 0.2) is 0 Å². The Hall–Kier alpha value is -0.570. The smallest absolute Gasteiger partial charge is 0.0406 e. The molecule has 18 heavy (non-hydrogen) atoms. The molecular formula is C15H23ClN2. The molecule has 1 aromatic rings. The Morgan fingerprint density at radius 2 is 1.83 bits per heavy atom. The second-order valence-corrected chi connectivity index (χ2v) is 5.94. The van der Waals surface area contributed by atoms with Gasteiger partial charge in [-0.3, -0.25) is 0 Å². The minimum atomic E-state index is 0.624. The summed E-state index contributed by atoms with van der Waals surface area (Å²) in [5, 5.41) is 4.28. The fourth-order valence-corrected chi connectivity index (χ4v) is 3.00.